The highest BCUT2D eigenvalue weighted by atomic mass is 32.1. The first-order chi connectivity index (χ1) is 11.3. The second-order valence-corrected chi connectivity index (χ2v) is 6.01. The van der Waals surface area contributed by atoms with Crippen molar-refractivity contribution < 1.29 is 4.74 Å². The summed E-state index contributed by atoms with van der Waals surface area (Å²) in [6, 6.07) is 13.7. The van der Waals surface area contributed by atoms with Crippen molar-refractivity contribution in [3.63, 3.8) is 0 Å². The summed E-state index contributed by atoms with van der Waals surface area (Å²) in [5.41, 5.74) is 2.58. The van der Waals surface area contributed by atoms with Crippen LogP contribution in [0.25, 0.3) is 22.7 Å². The zero-order valence-electron chi connectivity index (χ0n) is 12.5. The van der Waals surface area contributed by atoms with E-state index in [4.69, 9.17) is 4.74 Å². The van der Waals surface area contributed by atoms with Crippen molar-refractivity contribution in [3.8, 4) is 17.3 Å². The molecule has 0 aliphatic rings. The maximum Gasteiger partial charge on any atom is 0.178 e. The molecule has 6 heteroatoms. The molecule has 0 radical (unpaired) electrons. The van der Waals surface area contributed by atoms with Crippen LogP contribution in [0.3, 0.4) is 0 Å². The number of hydrogen-bond acceptors (Lipinski definition) is 5. The van der Waals surface area contributed by atoms with Gasteiger partial charge < -0.3 is 9.30 Å². The van der Waals surface area contributed by atoms with Gasteiger partial charge in [0.05, 0.1) is 5.52 Å². The molecule has 0 bridgehead atoms. The third-order valence-corrected chi connectivity index (χ3v) is 4.37. The number of hydrogen-bond donors (Lipinski definition) is 0. The van der Waals surface area contributed by atoms with Crippen LogP contribution in [-0.2, 0) is 13.7 Å². The number of thiazole rings is 1. The van der Waals surface area contributed by atoms with Crippen molar-refractivity contribution in [1.82, 2.24) is 19.5 Å². The van der Waals surface area contributed by atoms with Crippen LogP contribution in [0, 0.1) is 0 Å². The number of rotatable bonds is 4. The number of aryl methyl sites for hydroxylation is 1. The summed E-state index contributed by atoms with van der Waals surface area (Å²) in [6.45, 7) is 0.455. The number of benzene rings is 1. The minimum Gasteiger partial charge on any atom is -0.486 e. The zero-order chi connectivity index (χ0) is 15.6. The Bertz CT molecular complexity index is 946. The van der Waals surface area contributed by atoms with Gasteiger partial charge in [0.15, 0.2) is 11.5 Å². The number of ether oxygens (including phenoxy) is 1. The fourth-order valence-corrected chi connectivity index (χ4v) is 3.08. The quantitative estimate of drug-likeness (QED) is 0.575. The minimum absolute atomic E-state index is 0.455. The Balaban J connectivity index is 1.58. The van der Waals surface area contributed by atoms with Crippen molar-refractivity contribution >= 4 is 22.5 Å². The maximum atomic E-state index is 5.74. The first-order valence-electron chi connectivity index (χ1n) is 7.21. The van der Waals surface area contributed by atoms with E-state index in [2.05, 4.69) is 15.0 Å². The highest BCUT2D eigenvalue weighted by molar-refractivity contribution is 7.09. The highest BCUT2D eigenvalue weighted by Gasteiger charge is 2.13. The van der Waals surface area contributed by atoms with Gasteiger partial charge in [-0.3, -0.25) is 0 Å². The Kier molecular flexibility index (Phi) is 3.51. The van der Waals surface area contributed by atoms with E-state index in [0.29, 0.717) is 6.61 Å². The number of fused-ring (bicyclic) bond motifs is 1. The standard InChI is InChI=1S/C17H14N4OS/c1-21-14-8-5-9-18-16(14)20-17(21)13-11-23-15(19-13)10-22-12-6-3-2-4-7-12/h2-9,11H,10H2,1H3. The SMILES string of the molecule is Cn1c(-c2csc(COc3ccccc3)n2)nc2ncccc21. The first-order valence-corrected chi connectivity index (χ1v) is 8.09. The van der Waals surface area contributed by atoms with Crippen molar-refractivity contribution in [2.24, 2.45) is 7.05 Å². The largest absolute Gasteiger partial charge is 0.486 e. The minimum atomic E-state index is 0.455. The lowest BCUT2D eigenvalue weighted by molar-refractivity contribution is 0.305. The number of pyridine rings is 1. The van der Waals surface area contributed by atoms with Crippen molar-refractivity contribution in [1.29, 1.82) is 0 Å². The molecule has 1 aromatic carbocycles. The average molecular weight is 322 g/mol. The molecule has 0 atom stereocenters. The van der Waals surface area contributed by atoms with Crippen molar-refractivity contribution in [2.75, 3.05) is 0 Å². The van der Waals surface area contributed by atoms with Crippen LogP contribution >= 0.6 is 11.3 Å². The summed E-state index contributed by atoms with van der Waals surface area (Å²) in [5, 5.41) is 2.93. The van der Waals surface area contributed by atoms with E-state index >= 15 is 0 Å². The normalized spacial score (nSPS) is 11.0. The van der Waals surface area contributed by atoms with Crippen LogP contribution in [0.5, 0.6) is 5.75 Å². The summed E-state index contributed by atoms with van der Waals surface area (Å²) in [7, 11) is 1.98. The summed E-state index contributed by atoms with van der Waals surface area (Å²) in [6.07, 6.45) is 1.75. The van der Waals surface area contributed by atoms with Crippen molar-refractivity contribution in [3.05, 3.63) is 59.0 Å². The number of imidazole rings is 1. The molecule has 3 aromatic heterocycles. The van der Waals surface area contributed by atoms with Gasteiger partial charge in [0, 0.05) is 18.6 Å². The Morgan fingerprint density at radius 1 is 1.09 bits per heavy atom. The van der Waals surface area contributed by atoms with E-state index in [1.54, 1.807) is 17.5 Å². The van der Waals surface area contributed by atoms with E-state index in [9.17, 15) is 0 Å². The van der Waals surface area contributed by atoms with Gasteiger partial charge in [-0.05, 0) is 24.3 Å². The van der Waals surface area contributed by atoms with Gasteiger partial charge in [0.2, 0.25) is 0 Å². The second kappa shape index (κ2) is 5.81. The molecule has 114 valence electrons. The summed E-state index contributed by atoms with van der Waals surface area (Å²) in [5.74, 6) is 1.66. The van der Waals surface area contributed by atoms with E-state index in [-0.39, 0.29) is 0 Å². The lowest BCUT2D eigenvalue weighted by Crippen LogP contribution is -1.96. The molecule has 0 saturated carbocycles. The Labute approximate surface area is 137 Å². The van der Waals surface area contributed by atoms with E-state index in [1.165, 1.54) is 0 Å². The fourth-order valence-electron chi connectivity index (χ4n) is 2.40. The average Bonchev–Trinajstić information content (AvgIpc) is 3.19. The smallest absolute Gasteiger partial charge is 0.178 e. The van der Waals surface area contributed by atoms with E-state index in [0.717, 1.165) is 33.4 Å². The van der Waals surface area contributed by atoms with Crippen LogP contribution in [0.1, 0.15) is 5.01 Å². The summed E-state index contributed by atoms with van der Waals surface area (Å²) < 4.78 is 7.75. The molecule has 0 fully saturated rings. The predicted octanol–water partition coefficient (Wildman–Crippen LogP) is 3.67. The lowest BCUT2D eigenvalue weighted by Gasteiger charge is -2.02. The van der Waals surface area contributed by atoms with Gasteiger partial charge in [-0.15, -0.1) is 11.3 Å². The number of aromatic nitrogens is 4. The molecule has 0 aliphatic heterocycles. The molecule has 23 heavy (non-hydrogen) atoms. The van der Waals surface area contributed by atoms with Gasteiger partial charge in [-0.1, -0.05) is 18.2 Å². The molecule has 0 amide bonds. The van der Waals surface area contributed by atoms with E-state index in [1.807, 2.05) is 59.5 Å². The summed E-state index contributed by atoms with van der Waals surface area (Å²) >= 11 is 1.57. The third-order valence-electron chi connectivity index (χ3n) is 3.54. The Hall–Kier alpha value is -2.73. The first kappa shape index (κ1) is 13.9. The van der Waals surface area contributed by atoms with Crippen LogP contribution in [0.15, 0.2) is 54.0 Å². The Morgan fingerprint density at radius 3 is 2.78 bits per heavy atom. The van der Waals surface area contributed by atoms with Crippen molar-refractivity contribution in [2.45, 2.75) is 6.61 Å². The second-order valence-electron chi connectivity index (χ2n) is 5.07. The molecular weight excluding hydrogens is 308 g/mol. The fraction of sp³-hybridized carbons (Fsp3) is 0.118. The molecule has 5 nitrogen and oxygen atoms in total. The third kappa shape index (κ3) is 2.68. The molecule has 3 heterocycles. The highest BCUT2D eigenvalue weighted by Crippen LogP contribution is 2.24. The van der Waals surface area contributed by atoms with Crippen LogP contribution in [-0.4, -0.2) is 19.5 Å². The molecular formula is C17H14N4OS. The van der Waals surface area contributed by atoms with E-state index < -0.39 is 0 Å². The lowest BCUT2D eigenvalue weighted by atomic mass is 10.3. The Morgan fingerprint density at radius 2 is 1.96 bits per heavy atom. The molecule has 0 unspecified atom stereocenters. The zero-order valence-corrected chi connectivity index (χ0v) is 13.3. The number of nitrogens with zero attached hydrogens (tertiary/aromatic N) is 4. The van der Waals surface area contributed by atoms with Gasteiger partial charge >= 0.3 is 0 Å². The van der Waals surface area contributed by atoms with Gasteiger partial charge in [-0.25, -0.2) is 15.0 Å². The van der Waals surface area contributed by atoms with Gasteiger partial charge in [0.1, 0.15) is 23.1 Å². The maximum absolute atomic E-state index is 5.74. The van der Waals surface area contributed by atoms with Crippen LogP contribution in [0.2, 0.25) is 0 Å². The molecule has 0 spiro atoms. The molecule has 0 N–H and O–H groups in total. The van der Waals surface area contributed by atoms with Gasteiger partial charge in [0.25, 0.3) is 0 Å². The van der Waals surface area contributed by atoms with Gasteiger partial charge in [-0.2, -0.15) is 0 Å². The summed E-state index contributed by atoms with van der Waals surface area (Å²) in [4.78, 5) is 13.5. The number of para-hydroxylation sites is 1. The molecule has 0 aliphatic carbocycles. The van der Waals surface area contributed by atoms with Crippen LogP contribution in [0.4, 0.5) is 0 Å². The predicted molar refractivity (Wildman–Crippen MR) is 90.4 cm³/mol. The molecule has 4 aromatic rings. The monoisotopic (exact) mass is 322 g/mol. The van der Waals surface area contributed by atoms with Crippen LogP contribution < -0.4 is 4.74 Å². The molecule has 4 rings (SSSR count). The molecule has 0 saturated heterocycles. The topological polar surface area (TPSA) is 52.8 Å².